The molecule has 1 N–H and O–H groups in total. The molecule has 3 amide bonds. The van der Waals surface area contributed by atoms with Crippen LogP contribution in [0.3, 0.4) is 0 Å². The Morgan fingerprint density at radius 1 is 1.15 bits per heavy atom. The molecule has 168 valence electrons. The van der Waals surface area contributed by atoms with E-state index in [0.29, 0.717) is 23.2 Å². The number of rotatable bonds is 6. The molecule has 4 rings (SSSR count). The Balaban J connectivity index is 1.47. The van der Waals surface area contributed by atoms with Gasteiger partial charge in [0.25, 0.3) is 11.1 Å². The minimum absolute atomic E-state index is 0.0468. The number of nitrogens with one attached hydrogen (secondary N) is 1. The van der Waals surface area contributed by atoms with Crippen LogP contribution in [0.15, 0.2) is 63.9 Å². The largest absolute Gasteiger partial charge is 0.495 e. The number of carbonyl (C=O) groups excluding carboxylic acids is 3. The van der Waals surface area contributed by atoms with Crippen LogP contribution in [0.1, 0.15) is 5.76 Å². The highest BCUT2D eigenvalue weighted by atomic mass is 32.2. The zero-order valence-electron chi connectivity index (χ0n) is 17.1. The van der Waals surface area contributed by atoms with Crippen LogP contribution in [0.2, 0.25) is 0 Å². The third-order valence-corrected chi connectivity index (χ3v) is 5.56. The lowest BCUT2D eigenvalue weighted by atomic mass is 10.1. The number of amides is 3. The number of para-hydroxylation sites is 2. The first-order valence-electron chi connectivity index (χ1n) is 9.59. The fraction of sp³-hybridized carbons (Fsp3) is 0.0870. The van der Waals surface area contributed by atoms with Crippen LogP contribution >= 0.6 is 11.8 Å². The van der Waals surface area contributed by atoms with Gasteiger partial charge in [0.05, 0.1) is 23.3 Å². The van der Waals surface area contributed by atoms with E-state index in [9.17, 15) is 23.2 Å². The van der Waals surface area contributed by atoms with E-state index in [-0.39, 0.29) is 22.0 Å². The normalized spacial score (nSPS) is 14.8. The van der Waals surface area contributed by atoms with Crippen molar-refractivity contribution in [3.05, 3.63) is 76.9 Å². The Hall–Kier alpha value is -3.92. The van der Waals surface area contributed by atoms with Crippen molar-refractivity contribution in [2.24, 2.45) is 0 Å². The molecule has 0 saturated carbocycles. The average molecular weight is 470 g/mol. The molecule has 2 heterocycles. The predicted octanol–water partition coefficient (Wildman–Crippen LogP) is 4.91. The SMILES string of the molecule is COc1ccccc1NC(=O)CN1C(=O)S/C(=C/c2ccc(-c3ccc(F)cc3F)o2)C1=O. The lowest BCUT2D eigenvalue weighted by Crippen LogP contribution is -2.36. The molecule has 0 atom stereocenters. The molecular formula is C23H16F2N2O5S. The fourth-order valence-corrected chi connectivity index (χ4v) is 3.93. The molecule has 33 heavy (non-hydrogen) atoms. The molecule has 2 aromatic carbocycles. The minimum Gasteiger partial charge on any atom is -0.495 e. The van der Waals surface area contributed by atoms with Crippen molar-refractivity contribution in [3.8, 4) is 17.1 Å². The highest BCUT2D eigenvalue weighted by molar-refractivity contribution is 8.18. The Morgan fingerprint density at radius 2 is 1.94 bits per heavy atom. The number of thioether (sulfide) groups is 1. The van der Waals surface area contributed by atoms with Crippen molar-refractivity contribution in [2.45, 2.75) is 0 Å². The Morgan fingerprint density at radius 3 is 2.70 bits per heavy atom. The van der Waals surface area contributed by atoms with Gasteiger partial charge in [-0.25, -0.2) is 8.78 Å². The van der Waals surface area contributed by atoms with E-state index in [0.717, 1.165) is 17.0 Å². The third kappa shape index (κ3) is 4.80. The van der Waals surface area contributed by atoms with E-state index < -0.39 is 35.2 Å². The first kappa shape index (κ1) is 22.3. The summed E-state index contributed by atoms with van der Waals surface area (Å²) in [5.74, 6) is -1.98. The van der Waals surface area contributed by atoms with Gasteiger partial charge in [-0.2, -0.15) is 0 Å². The van der Waals surface area contributed by atoms with Gasteiger partial charge in [-0.3, -0.25) is 19.3 Å². The van der Waals surface area contributed by atoms with Crippen molar-refractivity contribution in [3.63, 3.8) is 0 Å². The smallest absolute Gasteiger partial charge is 0.294 e. The van der Waals surface area contributed by atoms with Gasteiger partial charge < -0.3 is 14.5 Å². The monoisotopic (exact) mass is 470 g/mol. The van der Waals surface area contributed by atoms with Crippen LogP contribution in [0, 0.1) is 11.6 Å². The molecule has 0 bridgehead atoms. The quantitative estimate of drug-likeness (QED) is 0.515. The van der Waals surface area contributed by atoms with Gasteiger partial charge in [0.2, 0.25) is 5.91 Å². The summed E-state index contributed by atoms with van der Waals surface area (Å²) in [6.07, 6.45) is 1.33. The Labute approximate surface area is 191 Å². The molecule has 1 saturated heterocycles. The molecule has 1 fully saturated rings. The molecule has 0 unspecified atom stereocenters. The summed E-state index contributed by atoms with van der Waals surface area (Å²) in [4.78, 5) is 38.2. The van der Waals surface area contributed by atoms with Crippen LogP contribution in [0.5, 0.6) is 5.75 Å². The molecule has 1 aliphatic heterocycles. The summed E-state index contributed by atoms with van der Waals surface area (Å²) < 4.78 is 37.8. The van der Waals surface area contributed by atoms with Crippen molar-refractivity contribution in [1.29, 1.82) is 0 Å². The fourth-order valence-electron chi connectivity index (χ4n) is 3.11. The lowest BCUT2D eigenvalue weighted by Gasteiger charge is -2.14. The molecule has 0 aliphatic carbocycles. The molecule has 1 aliphatic rings. The van der Waals surface area contributed by atoms with Gasteiger partial charge in [0.15, 0.2) is 0 Å². The Bertz CT molecular complexity index is 1290. The molecule has 1 aromatic heterocycles. The van der Waals surface area contributed by atoms with Crippen LogP contribution in [0.25, 0.3) is 17.4 Å². The van der Waals surface area contributed by atoms with Crippen molar-refractivity contribution >= 4 is 40.6 Å². The van der Waals surface area contributed by atoms with Gasteiger partial charge in [-0.15, -0.1) is 0 Å². The highest BCUT2D eigenvalue weighted by Crippen LogP contribution is 2.34. The summed E-state index contributed by atoms with van der Waals surface area (Å²) >= 11 is 0.653. The molecule has 7 nitrogen and oxygen atoms in total. The first-order valence-corrected chi connectivity index (χ1v) is 10.4. The number of furan rings is 1. The maximum Gasteiger partial charge on any atom is 0.294 e. The number of anilines is 1. The molecule has 10 heteroatoms. The van der Waals surface area contributed by atoms with Gasteiger partial charge >= 0.3 is 0 Å². The van der Waals surface area contributed by atoms with E-state index in [1.165, 1.54) is 31.4 Å². The number of carbonyl (C=O) groups is 3. The van der Waals surface area contributed by atoms with Crippen LogP contribution in [-0.4, -0.2) is 35.6 Å². The maximum atomic E-state index is 14.0. The number of ether oxygens (including phenoxy) is 1. The number of benzene rings is 2. The van der Waals surface area contributed by atoms with E-state index in [4.69, 9.17) is 9.15 Å². The highest BCUT2D eigenvalue weighted by Gasteiger charge is 2.36. The van der Waals surface area contributed by atoms with Crippen molar-refractivity contribution in [2.75, 3.05) is 19.0 Å². The number of nitrogens with zero attached hydrogens (tertiary/aromatic N) is 1. The van der Waals surface area contributed by atoms with Gasteiger partial charge in [0.1, 0.15) is 35.4 Å². The first-order chi connectivity index (χ1) is 15.9. The molecule has 3 aromatic rings. The summed E-state index contributed by atoms with van der Waals surface area (Å²) in [6, 6.07) is 12.8. The van der Waals surface area contributed by atoms with Crippen LogP contribution in [-0.2, 0) is 9.59 Å². The van der Waals surface area contributed by atoms with Crippen molar-refractivity contribution in [1.82, 2.24) is 4.90 Å². The number of methoxy groups -OCH3 is 1. The van der Waals surface area contributed by atoms with E-state index in [2.05, 4.69) is 5.32 Å². The lowest BCUT2D eigenvalue weighted by molar-refractivity contribution is -0.127. The van der Waals surface area contributed by atoms with Crippen LogP contribution < -0.4 is 10.1 Å². The van der Waals surface area contributed by atoms with Crippen molar-refractivity contribution < 1.29 is 32.3 Å². The summed E-state index contributed by atoms with van der Waals surface area (Å²) in [5, 5.41) is 1.99. The zero-order valence-corrected chi connectivity index (χ0v) is 17.9. The minimum atomic E-state index is -0.794. The third-order valence-electron chi connectivity index (χ3n) is 4.65. The molecular weight excluding hydrogens is 454 g/mol. The number of hydrogen-bond acceptors (Lipinski definition) is 6. The van der Waals surface area contributed by atoms with E-state index in [1.807, 2.05) is 0 Å². The standard InChI is InChI=1S/C23H16F2N2O5S/c1-31-19-5-3-2-4-17(19)26-21(28)12-27-22(29)20(33-23(27)30)11-14-7-9-18(32-14)15-8-6-13(24)10-16(15)25/h2-11H,12H2,1H3,(H,26,28)/b20-11+. The van der Waals surface area contributed by atoms with Crippen LogP contribution in [0.4, 0.5) is 19.3 Å². The second kappa shape index (κ2) is 9.29. The number of halogens is 2. The zero-order chi connectivity index (χ0) is 23.5. The van der Waals surface area contributed by atoms with Gasteiger partial charge in [0, 0.05) is 12.1 Å². The predicted molar refractivity (Wildman–Crippen MR) is 118 cm³/mol. The maximum absolute atomic E-state index is 14.0. The average Bonchev–Trinajstić information content (AvgIpc) is 3.34. The number of imide groups is 1. The van der Waals surface area contributed by atoms with Gasteiger partial charge in [-0.1, -0.05) is 12.1 Å². The topological polar surface area (TPSA) is 88.8 Å². The summed E-state index contributed by atoms with van der Waals surface area (Å²) in [6.45, 7) is -0.482. The second-order valence-electron chi connectivity index (χ2n) is 6.84. The van der Waals surface area contributed by atoms with Gasteiger partial charge in [-0.05, 0) is 48.2 Å². The number of hydrogen-bond donors (Lipinski definition) is 1. The van der Waals surface area contributed by atoms with E-state index >= 15 is 0 Å². The van der Waals surface area contributed by atoms with E-state index in [1.54, 1.807) is 24.3 Å². The molecule has 0 spiro atoms. The second-order valence-corrected chi connectivity index (χ2v) is 7.84. The summed E-state index contributed by atoms with van der Waals surface area (Å²) in [7, 11) is 1.46. The Kier molecular flexibility index (Phi) is 6.27. The summed E-state index contributed by atoms with van der Waals surface area (Å²) in [5.41, 5.74) is 0.459. The molecule has 0 radical (unpaired) electrons.